The Morgan fingerprint density at radius 2 is 1.64 bits per heavy atom. The summed E-state index contributed by atoms with van der Waals surface area (Å²) in [5.74, 6) is 3.10. The topological polar surface area (TPSA) is 26.3 Å². The van der Waals surface area contributed by atoms with Gasteiger partial charge in [0.15, 0.2) is 0 Å². The zero-order chi connectivity index (χ0) is 36.6. The van der Waals surface area contributed by atoms with Crippen LogP contribution in [-0.4, -0.2) is 12.1 Å². The van der Waals surface area contributed by atoms with Gasteiger partial charge in [-0.15, -0.1) is 0 Å². The van der Waals surface area contributed by atoms with Crippen molar-refractivity contribution < 1.29 is 9.53 Å². The number of hydrogen-bond donors (Lipinski definition) is 0. The molecule has 3 saturated carbocycles. The fourth-order valence-electron chi connectivity index (χ4n) is 9.40. The van der Waals surface area contributed by atoms with E-state index in [1.165, 1.54) is 79.2 Å². The molecule has 2 nitrogen and oxygen atoms in total. The van der Waals surface area contributed by atoms with Crippen molar-refractivity contribution in [3.8, 4) is 0 Å². The highest BCUT2D eigenvalue weighted by Gasteiger charge is 2.50. The molecule has 4 rings (SSSR count). The molecule has 0 heterocycles. The van der Waals surface area contributed by atoms with E-state index in [0.717, 1.165) is 30.8 Å². The standard InChI is InChI=1S/C48H70O2/c1-33(2)36(5)20-21-39(8)44-27-28-45-40(18-14-30-48(44,45)11)23-24-41-32-42(25-22-37(41)6)50-46(49)31-35(4)16-12-15-34(3)19-26-43-38(7)17-13-29-47(43,9)10/h12,15-16,19-21,23-24,26,31,33,36,39,42,44-45H,6,13-14,17-18,22,25,27-30,32H2,1-5,7-11H3/b16-12+,21-20+,26-19+,34-15+,35-31+,40-23+,41-24-. The number of ether oxygens (including phenoxy) is 1. The van der Waals surface area contributed by atoms with E-state index >= 15 is 0 Å². The maximum absolute atomic E-state index is 12.9. The van der Waals surface area contributed by atoms with Crippen molar-refractivity contribution in [2.45, 2.75) is 146 Å². The van der Waals surface area contributed by atoms with Crippen LogP contribution in [0.15, 0.2) is 106 Å². The number of hydrogen-bond acceptors (Lipinski definition) is 2. The summed E-state index contributed by atoms with van der Waals surface area (Å²) >= 11 is 0. The van der Waals surface area contributed by atoms with Gasteiger partial charge in [-0.1, -0.05) is 132 Å². The molecule has 4 aliphatic carbocycles. The van der Waals surface area contributed by atoms with Gasteiger partial charge in [0.2, 0.25) is 0 Å². The molecule has 4 aliphatic rings. The normalized spacial score (nSPS) is 31.1. The predicted molar refractivity (Wildman–Crippen MR) is 216 cm³/mol. The highest BCUT2D eigenvalue weighted by molar-refractivity contribution is 5.83. The van der Waals surface area contributed by atoms with Crippen molar-refractivity contribution >= 4 is 5.97 Å². The van der Waals surface area contributed by atoms with Crippen LogP contribution < -0.4 is 0 Å². The van der Waals surface area contributed by atoms with Gasteiger partial charge in [0, 0.05) is 12.5 Å². The molecule has 0 bridgehead atoms. The fourth-order valence-corrected chi connectivity index (χ4v) is 9.40. The summed E-state index contributed by atoms with van der Waals surface area (Å²) in [4.78, 5) is 12.9. The van der Waals surface area contributed by atoms with Gasteiger partial charge in [-0.2, -0.15) is 0 Å². The van der Waals surface area contributed by atoms with E-state index in [0.29, 0.717) is 29.1 Å². The SMILES string of the molecule is C=C1CCC(OC(=O)/C=C(C)/C=C/C=C(C)/C=C/C2=C(C)CCCC2(C)C)C/C1=C/C=C1\CCCC2(C)C1CCC2C(C)/C=C/C(C)C(C)C. The van der Waals surface area contributed by atoms with Gasteiger partial charge < -0.3 is 4.74 Å². The molecule has 0 spiro atoms. The van der Waals surface area contributed by atoms with Gasteiger partial charge >= 0.3 is 5.97 Å². The molecule has 0 aromatic carbocycles. The average Bonchev–Trinajstić information content (AvgIpc) is 3.40. The molecule has 2 heteroatoms. The van der Waals surface area contributed by atoms with Crippen molar-refractivity contribution in [2.24, 2.45) is 40.4 Å². The third kappa shape index (κ3) is 10.4. The first-order chi connectivity index (χ1) is 23.6. The molecule has 0 aromatic rings. The summed E-state index contributed by atoms with van der Waals surface area (Å²) in [7, 11) is 0. The Kier molecular flexibility index (Phi) is 14.0. The largest absolute Gasteiger partial charge is 0.459 e. The van der Waals surface area contributed by atoms with E-state index in [2.05, 4.69) is 111 Å². The minimum atomic E-state index is -0.254. The lowest BCUT2D eigenvalue weighted by molar-refractivity contribution is -0.143. The van der Waals surface area contributed by atoms with Crippen LogP contribution in [0.1, 0.15) is 140 Å². The number of carbonyl (C=O) groups is 1. The first-order valence-electron chi connectivity index (χ1n) is 20.0. The maximum Gasteiger partial charge on any atom is 0.331 e. The Morgan fingerprint density at radius 1 is 0.900 bits per heavy atom. The van der Waals surface area contributed by atoms with E-state index in [-0.39, 0.29) is 17.5 Å². The van der Waals surface area contributed by atoms with E-state index in [1.54, 1.807) is 11.6 Å². The first kappa shape index (κ1) is 39.9. The van der Waals surface area contributed by atoms with Crippen LogP contribution in [0.2, 0.25) is 0 Å². The molecule has 6 unspecified atom stereocenters. The van der Waals surface area contributed by atoms with Crippen LogP contribution in [0.3, 0.4) is 0 Å². The monoisotopic (exact) mass is 679 g/mol. The summed E-state index contributed by atoms with van der Waals surface area (Å²) in [6, 6.07) is 0. The van der Waals surface area contributed by atoms with Gasteiger partial charge in [0.25, 0.3) is 0 Å². The number of fused-ring (bicyclic) bond motifs is 1. The number of carbonyl (C=O) groups excluding carboxylic acids is 1. The lowest BCUT2D eigenvalue weighted by atomic mass is 9.61. The van der Waals surface area contributed by atoms with Gasteiger partial charge in [-0.05, 0) is 142 Å². The number of allylic oxidation sites excluding steroid dienone is 15. The second-order valence-electron chi connectivity index (χ2n) is 17.7. The molecule has 50 heavy (non-hydrogen) atoms. The molecule has 3 fully saturated rings. The van der Waals surface area contributed by atoms with E-state index in [9.17, 15) is 4.79 Å². The fraction of sp³-hybridized carbons (Fsp3) is 0.604. The number of esters is 1. The Morgan fingerprint density at radius 3 is 2.36 bits per heavy atom. The summed E-state index contributed by atoms with van der Waals surface area (Å²) < 4.78 is 5.99. The van der Waals surface area contributed by atoms with Crippen LogP contribution in [0.5, 0.6) is 0 Å². The minimum Gasteiger partial charge on any atom is -0.459 e. The Balaban J connectivity index is 1.34. The molecule has 274 valence electrons. The van der Waals surface area contributed by atoms with E-state index in [4.69, 9.17) is 4.74 Å². The van der Waals surface area contributed by atoms with Gasteiger partial charge in [0.05, 0.1) is 0 Å². The Labute approximate surface area is 307 Å². The molecule has 0 aliphatic heterocycles. The van der Waals surface area contributed by atoms with Crippen LogP contribution >= 0.6 is 0 Å². The number of rotatable bonds is 11. The van der Waals surface area contributed by atoms with Crippen molar-refractivity contribution in [3.63, 3.8) is 0 Å². The second kappa shape index (κ2) is 17.6. The van der Waals surface area contributed by atoms with Crippen molar-refractivity contribution in [3.05, 3.63) is 106 Å². The maximum atomic E-state index is 12.9. The predicted octanol–water partition coefficient (Wildman–Crippen LogP) is 13.7. The molecule has 0 radical (unpaired) electrons. The van der Waals surface area contributed by atoms with Crippen LogP contribution in [-0.2, 0) is 9.53 Å². The zero-order valence-corrected chi connectivity index (χ0v) is 33.5. The van der Waals surface area contributed by atoms with Gasteiger partial charge in [-0.3, -0.25) is 0 Å². The Bertz CT molecular complexity index is 1480. The summed E-state index contributed by atoms with van der Waals surface area (Å²) in [6.45, 7) is 27.5. The van der Waals surface area contributed by atoms with Gasteiger partial charge in [-0.25, -0.2) is 4.79 Å². The molecule has 0 amide bonds. The second-order valence-corrected chi connectivity index (χ2v) is 17.7. The quantitative estimate of drug-likeness (QED) is 0.0941. The Hall–Kier alpha value is -2.87. The van der Waals surface area contributed by atoms with E-state index < -0.39 is 0 Å². The lowest BCUT2D eigenvalue weighted by Gasteiger charge is -2.44. The third-order valence-corrected chi connectivity index (χ3v) is 13.0. The summed E-state index contributed by atoms with van der Waals surface area (Å²) in [5.41, 5.74) is 9.77. The molecule has 0 aromatic heterocycles. The smallest absolute Gasteiger partial charge is 0.331 e. The lowest BCUT2D eigenvalue weighted by Crippen LogP contribution is -2.35. The zero-order valence-electron chi connectivity index (χ0n) is 33.5. The molecular weight excluding hydrogens is 609 g/mol. The summed E-state index contributed by atoms with van der Waals surface area (Å²) in [6.07, 6.45) is 34.6. The summed E-state index contributed by atoms with van der Waals surface area (Å²) in [5, 5.41) is 0. The molecular formula is C48H70O2. The van der Waals surface area contributed by atoms with Crippen LogP contribution in [0.25, 0.3) is 0 Å². The average molecular weight is 679 g/mol. The molecule has 6 atom stereocenters. The van der Waals surface area contributed by atoms with Crippen LogP contribution in [0.4, 0.5) is 0 Å². The van der Waals surface area contributed by atoms with Gasteiger partial charge in [0.1, 0.15) is 6.10 Å². The first-order valence-corrected chi connectivity index (χ1v) is 20.0. The van der Waals surface area contributed by atoms with Crippen molar-refractivity contribution in [2.75, 3.05) is 0 Å². The van der Waals surface area contributed by atoms with Crippen molar-refractivity contribution in [1.29, 1.82) is 0 Å². The molecule has 0 N–H and O–H groups in total. The minimum absolute atomic E-state index is 0.104. The highest BCUT2D eigenvalue weighted by Crippen LogP contribution is 2.59. The highest BCUT2D eigenvalue weighted by atomic mass is 16.5. The van der Waals surface area contributed by atoms with Crippen LogP contribution in [0, 0.1) is 40.4 Å². The third-order valence-electron chi connectivity index (χ3n) is 13.0. The molecule has 0 saturated heterocycles. The van der Waals surface area contributed by atoms with Crippen molar-refractivity contribution in [1.82, 2.24) is 0 Å². The van der Waals surface area contributed by atoms with E-state index in [1.807, 2.05) is 19.1 Å².